The fourth-order valence-electron chi connectivity index (χ4n) is 3.41. The molecule has 154 valence electrons. The predicted octanol–water partition coefficient (Wildman–Crippen LogP) is 4.14. The van der Waals surface area contributed by atoms with Gasteiger partial charge in [-0.1, -0.05) is 116 Å². The van der Waals surface area contributed by atoms with E-state index in [9.17, 15) is 19.8 Å². The molecule has 4 heteroatoms. The molecule has 0 saturated heterocycles. The van der Waals surface area contributed by atoms with E-state index in [-0.39, 0.29) is 6.42 Å². The van der Waals surface area contributed by atoms with Crippen LogP contribution in [0.25, 0.3) is 0 Å². The first-order valence-electron chi connectivity index (χ1n) is 11.0. The summed E-state index contributed by atoms with van der Waals surface area (Å²) in [5.74, 6) is -4.51. The van der Waals surface area contributed by atoms with Crippen LogP contribution in [0, 0.1) is 5.92 Å². The molecule has 0 aliphatic heterocycles. The third-order valence-corrected chi connectivity index (χ3v) is 5.17. The highest BCUT2D eigenvalue weighted by molar-refractivity contribution is 5.90. The average molecular weight is 369 g/mol. The molecular weight excluding hydrogens is 328 g/mol. The molecule has 0 heterocycles. The molecule has 0 aliphatic rings. The Labute approximate surface area is 160 Å². The van der Waals surface area contributed by atoms with Crippen LogP contribution < -0.4 is 10.2 Å². The first-order chi connectivity index (χ1) is 12.6. The Bertz CT molecular complexity index is 327. The summed E-state index contributed by atoms with van der Waals surface area (Å²) < 4.78 is 0. The van der Waals surface area contributed by atoms with Gasteiger partial charge in [0, 0.05) is 5.92 Å². The minimum Gasteiger partial charge on any atom is -0.549 e. The Morgan fingerprint density at radius 2 is 0.808 bits per heavy atom. The van der Waals surface area contributed by atoms with Gasteiger partial charge in [0.1, 0.15) is 0 Å². The molecular formula is C22H40O4-2. The summed E-state index contributed by atoms with van der Waals surface area (Å²) in [5, 5.41) is 21.2. The third kappa shape index (κ3) is 16.4. The summed E-state index contributed by atoms with van der Waals surface area (Å²) >= 11 is 0. The highest BCUT2D eigenvalue weighted by Gasteiger charge is 2.10. The quantitative estimate of drug-likeness (QED) is 0.239. The van der Waals surface area contributed by atoms with Gasteiger partial charge < -0.3 is 19.8 Å². The second kappa shape index (κ2) is 18.7. The van der Waals surface area contributed by atoms with Crippen molar-refractivity contribution in [1.82, 2.24) is 0 Å². The zero-order valence-electron chi connectivity index (χ0n) is 16.9. The number of aliphatic carboxylic acids is 2. The minimum atomic E-state index is -1.53. The van der Waals surface area contributed by atoms with Gasteiger partial charge >= 0.3 is 0 Å². The first-order valence-corrected chi connectivity index (χ1v) is 11.0. The van der Waals surface area contributed by atoms with E-state index >= 15 is 0 Å². The van der Waals surface area contributed by atoms with E-state index in [2.05, 4.69) is 6.92 Å². The Kier molecular flexibility index (Phi) is 18.0. The molecule has 0 aliphatic carbocycles. The van der Waals surface area contributed by atoms with E-state index < -0.39 is 17.9 Å². The second-order valence-corrected chi connectivity index (χ2v) is 7.64. The van der Waals surface area contributed by atoms with Gasteiger partial charge in [-0.25, -0.2) is 0 Å². The molecule has 0 unspecified atom stereocenters. The lowest BCUT2D eigenvalue weighted by Crippen LogP contribution is -2.43. The Morgan fingerprint density at radius 3 is 1.08 bits per heavy atom. The van der Waals surface area contributed by atoms with Crippen molar-refractivity contribution in [2.24, 2.45) is 5.92 Å². The Hall–Kier alpha value is -1.06. The summed E-state index contributed by atoms with van der Waals surface area (Å²) in [5.41, 5.74) is 0. The van der Waals surface area contributed by atoms with E-state index in [1.54, 1.807) is 0 Å². The largest absolute Gasteiger partial charge is 0.549 e. The van der Waals surface area contributed by atoms with Crippen molar-refractivity contribution in [2.45, 2.75) is 122 Å². The van der Waals surface area contributed by atoms with Gasteiger partial charge in [-0.3, -0.25) is 0 Å². The maximum absolute atomic E-state index is 10.6. The van der Waals surface area contributed by atoms with Crippen molar-refractivity contribution in [2.75, 3.05) is 0 Å². The van der Waals surface area contributed by atoms with Gasteiger partial charge in [0.15, 0.2) is 0 Å². The van der Waals surface area contributed by atoms with Gasteiger partial charge in [0.2, 0.25) is 0 Å². The maximum Gasteiger partial charge on any atom is 0.0501 e. The molecule has 0 rings (SSSR count). The first kappa shape index (κ1) is 24.9. The van der Waals surface area contributed by atoms with Crippen LogP contribution in [0.15, 0.2) is 0 Å². The third-order valence-electron chi connectivity index (χ3n) is 5.17. The van der Waals surface area contributed by atoms with Gasteiger partial charge in [-0.15, -0.1) is 0 Å². The van der Waals surface area contributed by atoms with E-state index in [0.29, 0.717) is 6.42 Å². The number of unbranched alkanes of at least 4 members (excludes halogenated alkanes) is 16. The number of carbonyl (C=O) groups excluding carboxylic acids is 2. The molecule has 0 N–H and O–H groups in total. The number of rotatable bonds is 20. The molecule has 0 amide bonds. The summed E-state index contributed by atoms with van der Waals surface area (Å²) in [6.07, 6.45) is 21.5. The van der Waals surface area contributed by atoms with E-state index in [1.165, 1.54) is 83.5 Å². The van der Waals surface area contributed by atoms with Crippen LogP contribution >= 0.6 is 0 Å². The molecule has 0 atom stereocenters. The Morgan fingerprint density at radius 1 is 0.538 bits per heavy atom. The highest BCUT2D eigenvalue weighted by atomic mass is 16.4. The molecule has 26 heavy (non-hydrogen) atoms. The normalized spacial score (nSPS) is 11.2. The molecule has 0 fully saturated rings. The van der Waals surface area contributed by atoms with E-state index in [0.717, 1.165) is 19.3 Å². The summed E-state index contributed by atoms with van der Waals surface area (Å²) in [6.45, 7) is 2.26. The van der Waals surface area contributed by atoms with Crippen LogP contribution in [0.4, 0.5) is 0 Å². The second-order valence-electron chi connectivity index (χ2n) is 7.64. The number of hydrogen-bond donors (Lipinski definition) is 0. The fraction of sp³-hybridized carbons (Fsp3) is 0.909. The van der Waals surface area contributed by atoms with Gasteiger partial charge in [-0.2, -0.15) is 0 Å². The minimum absolute atomic E-state index is 0.128. The smallest absolute Gasteiger partial charge is 0.0501 e. The zero-order chi connectivity index (χ0) is 19.5. The van der Waals surface area contributed by atoms with E-state index in [1.807, 2.05) is 0 Å². The summed E-state index contributed by atoms with van der Waals surface area (Å²) in [7, 11) is 0. The summed E-state index contributed by atoms with van der Waals surface area (Å²) in [6, 6.07) is 0. The number of hydrogen-bond acceptors (Lipinski definition) is 4. The van der Waals surface area contributed by atoms with Crippen molar-refractivity contribution in [3.8, 4) is 0 Å². The van der Waals surface area contributed by atoms with Crippen LogP contribution in [-0.4, -0.2) is 11.9 Å². The van der Waals surface area contributed by atoms with Crippen LogP contribution in [0.1, 0.15) is 122 Å². The molecule has 0 aromatic rings. The number of carbonyl (C=O) groups is 2. The van der Waals surface area contributed by atoms with Crippen LogP contribution in [0.5, 0.6) is 0 Å². The van der Waals surface area contributed by atoms with Crippen molar-refractivity contribution >= 4 is 11.9 Å². The topological polar surface area (TPSA) is 80.3 Å². The van der Waals surface area contributed by atoms with Gasteiger partial charge in [-0.05, 0) is 6.42 Å². The SMILES string of the molecule is CCCCCCCCCCCCCCCCCCCC(C(=O)[O-])C(=O)[O-]. The lowest BCUT2D eigenvalue weighted by Gasteiger charge is -2.18. The van der Waals surface area contributed by atoms with Crippen molar-refractivity contribution in [3.63, 3.8) is 0 Å². The summed E-state index contributed by atoms with van der Waals surface area (Å²) in [4.78, 5) is 21.2. The molecule has 0 radical (unpaired) electrons. The number of carboxylic acid groups (broad SMARTS) is 2. The van der Waals surface area contributed by atoms with Crippen molar-refractivity contribution in [1.29, 1.82) is 0 Å². The molecule has 0 spiro atoms. The standard InChI is InChI=1S/C22H42O4/c1-2-3-4-5-6-7-8-9-10-11-12-13-14-15-16-17-18-19-20(21(23)24)22(25)26/h20H,2-19H2,1H3,(H,23,24)(H,25,26)/p-2. The molecule has 0 aromatic heterocycles. The highest BCUT2D eigenvalue weighted by Crippen LogP contribution is 2.15. The van der Waals surface area contributed by atoms with Crippen molar-refractivity contribution in [3.05, 3.63) is 0 Å². The van der Waals surface area contributed by atoms with Crippen LogP contribution in [0.2, 0.25) is 0 Å². The average Bonchev–Trinajstić information content (AvgIpc) is 2.60. The number of carboxylic acids is 2. The molecule has 0 saturated carbocycles. The lowest BCUT2D eigenvalue weighted by atomic mass is 10.00. The predicted molar refractivity (Wildman–Crippen MR) is 102 cm³/mol. The zero-order valence-corrected chi connectivity index (χ0v) is 16.9. The van der Waals surface area contributed by atoms with E-state index in [4.69, 9.17) is 0 Å². The maximum atomic E-state index is 10.6. The Balaban J connectivity index is 3.20. The van der Waals surface area contributed by atoms with Gasteiger partial charge in [0.25, 0.3) is 0 Å². The van der Waals surface area contributed by atoms with Crippen molar-refractivity contribution < 1.29 is 19.8 Å². The van der Waals surface area contributed by atoms with Gasteiger partial charge in [0.05, 0.1) is 11.9 Å². The molecule has 4 nitrogen and oxygen atoms in total. The monoisotopic (exact) mass is 368 g/mol. The molecule has 0 aromatic carbocycles. The lowest BCUT2D eigenvalue weighted by molar-refractivity contribution is -0.332. The molecule has 0 bridgehead atoms. The van der Waals surface area contributed by atoms with Crippen LogP contribution in [-0.2, 0) is 9.59 Å². The fourth-order valence-corrected chi connectivity index (χ4v) is 3.41. The van der Waals surface area contributed by atoms with Crippen LogP contribution in [0.3, 0.4) is 0 Å².